The molecule has 0 unspecified atom stereocenters. The number of para-hydroxylation sites is 1. The molecule has 0 fully saturated rings. The lowest BCUT2D eigenvalue weighted by molar-refractivity contribution is 0.268. The third kappa shape index (κ3) is 7.42. The Bertz CT molecular complexity index is 673. The summed E-state index contributed by atoms with van der Waals surface area (Å²) in [5.41, 5.74) is 0. The van der Waals surface area contributed by atoms with Gasteiger partial charge in [0.1, 0.15) is 19.0 Å². The zero-order valence-corrected chi connectivity index (χ0v) is 17.2. The molecule has 8 heteroatoms. The lowest BCUT2D eigenvalue weighted by atomic mass is 10.3. The van der Waals surface area contributed by atoms with Crippen LogP contribution in [0.3, 0.4) is 0 Å². The molecule has 0 saturated carbocycles. The molecule has 0 radical (unpaired) electrons. The second kappa shape index (κ2) is 12.3. The van der Waals surface area contributed by atoms with Gasteiger partial charge in [-0.05, 0) is 24.3 Å². The van der Waals surface area contributed by atoms with E-state index in [2.05, 4.69) is 15.3 Å². The Morgan fingerprint density at radius 1 is 1.19 bits per heavy atom. The summed E-state index contributed by atoms with van der Waals surface area (Å²) >= 11 is 0. The predicted octanol–water partition coefficient (Wildman–Crippen LogP) is 2.80. The minimum Gasteiger partial charge on any atom is -0.490 e. The smallest absolute Gasteiger partial charge is 0.193 e. The molecule has 2 rings (SSSR count). The van der Waals surface area contributed by atoms with Gasteiger partial charge < -0.3 is 19.7 Å². The highest BCUT2D eigenvalue weighted by molar-refractivity contribution is 14.0. The van der Waals surface area contributed by atoms with Gasteiger partial charge in [0.2, 0.25) is 0 Å². The molecule has 0 spiro atoms. The molecule has 1 aromatic heterocycles. The van der Waals surface area contributed by atoms with E-state index in [9.17, 15) is 4.39 Å². The number of halogens is 2. The molecule has 1 heterocycles. The quantitative estimate of drug-likeness (QED) is 0.276. The van der Waals surface area contributed by atoms with E-state index in [1.165, 1.54) is 6.07 Å². The van der Waals surface area contributed by atoms with Crippen molar-refractivity contribution in [2.45, 2.75) is 0 Å². The van der Waals surface area contributed by atoms with Crippen LogP contribution in [0.4, 0.5) is 4.39 Å². The molecule has 6 nitrogen and oxygen atoms in total. The molecule has 1 aromatic carbocycles. The van der Waals surface area contributed by atoms with Gasteiger partial charge in [-0.2, -0.15) is 0 Å². The van der Waals surface area contributed by atoms with Crippen molar-refractivity contribution in [2.75, 3.05) is 40.4 Å². The van der Waals surface area contributed by atoms with E-state index in [1.54, 1.807) is 37.6 Å². The first-order valence-corrected chi connectivity index (χ1v) is 8.02. The molecule has 1 N–H and O–H groups in total. The predicted molar refractivity (Wildman–Crippen MR) is 111 cm³/mol. The second-order valence-corrected chi connectivity index (χ2v) is 5.21. The molecule has 0 aliphatic heterocycles. The molecule has 142 valence electrons. The van der Waals surface area contributed by atoms with E-state index >= 15 is 0 Å². The fourth-order valence-corrected chi connectivity index (χ4v) is 2.11. The molecular weight excluding hydrogens is 450 g/mol. The van der Waals surface area contributed by atoms with Crippen LogP contribution in [0.2, 0.25) is 0 Å². The number of hydrogen-bond donors (Lipinski definition) is 1. The fraction of sp³-hybridized carbons (Fsp3) is 0.333. The maximum atomic E-state index is 13.5. The Balaban J connectivity index is 0.00000338. The summed E-state index contributed by atoms with van der Waals surface area (Å²) in [7, 11) is 3.60. The molecule has 0 saturated heterocycles. The summed E-state index contributed by atoms with van der Waals surface area (Å²) in [4.78, 5) is 10.1. The Morgan fingerprint density at radius 2 is 2.00 bits per heavy atom. The van der Waals surface area contributed by atoms with Gasteiger partial charge in [-0.3, -0.25) is 9.98 Å². The van der Waals surface area contributed by atoms with Crippen LogP contribution in [-0.2, 0) is 0 Å². The van der Waals surface area contributed by atoms with Gasteiger partial charge >= 0.3 is 0 Å². The third-order valence-electron chi connectivity index (χ3n) is 3.38. The molecule has 0 aliphatic carbocycles. The van der Waals surface area contributed by atoms with Crippen molar-refractivity contribution < 1.29 is 13.9 Å². The first-order valence-electron chi connectivity index (χ1n) is 8.02. The van der Waals surface area contributed by atoms with Crippen LogP contribution >= 0.6 is 24.0 Å². The number of aliphatic imine (C=N–C) groups is 1. The van der Waals surface area contributed by atoms with Crippen LogP contribution in [0.25, 0.3) is 0 Å². The molecular formula is C18H24FIN4O2. The topological polar surface area (TPSA) is 59.0 Å². The number of guanidine groups is 1. The lowest BCUT2D eigenvalue weighted by Crippen LogP contribution is -2.42. The van der Waals surface area contributed by atoms with Crippen LogP contribution < -0.4 is 14.8 Å². The van der Waals surface area contributed by atoms with Crippen LogP contribution in [0.5, 0.6) is 11.5 Å². The highest BCUT2D eigenvalue weighted by atomic mass is 127. The summed E-state index contributed by atoms with van der Waals surface area (Å²) in [5.74, 6) is 1.33. The Labute approximate surface area is 170 Å². The average Bonchev–Trinajstić information content (AvgIpc) is 2.64. The van der Waals surface area contributed by atoms with Crippen molar-refractivity contribution in [3.05, 3.63) is 54.6 Å². The van der Waals surface area contributed by atoms with Gasteiger partial charge in [-0.25, -0.2) is 4.39 Å². The number of aromatic nitrogens is 1. The van der Waals surface area contributed by atoms with E-state index in [-0.39, 0.29) is 35.5 Å². The van der Waals surface area contributed by atoms with Gasteiger partial charge in [-0.15, -0.1) is 24.0 Å². The maximum Gasteiger partial charge on any atom is 0.193 e. The van der Waals surface area contributed by atoms with Gasteiger partial charge in [0.15, 0.2) is 17.5 Å². The Hall–Kier alpha value is -2.10. The third-order valence-corrected chi connectivity index (χ3v) is 3.38. The van der Waals surface area contributed by atoms with E-state index in [0.717, 1.165) is 5.75 Å². The first-order chi connectivity index (χ1) is 12.2. The summed E-state index contributed by atoms with van der Waals surface area (Å²) < 4.78 is 24.5. The number of nitrogens with one attached hydrogen (secondary N) is 1. The van der Waals surface area contributed by atoms with Crippen molar-refractivity contribution in [1.82, 2.24) is 15.2 Å². The van der Waals surface area contributed by atoms with Gasteiger partial charge in [0, 0.05) is 20.3 Å². The van der Waals surface area contributed by atoms with Crippen molar-refractivity contribution in [3.63, 3.8) is 0 Å². The highest BCUT2D eigenvalue weighted by Gasteiger charge is 2.07. The highest BCUT2D eigenvalue weighted by Crippen LogP contribution is 2.14. The molecule has 0 atom stereocenters. The summed E-state index contributed by atoms with van der Waals surface area (Å²) in [6.45, 7) is 2.01. The number of ether oxygens (including phenoxy) is 2. The van der Waals surface area contributed by atoms with E-state index in [4.69, 9.17) is 9.47 Å². The van der Waals surface area contributed by atoms with E-state index in [1.807, 2.05) is 24.1 Å². The largest absolute Gasteiger partial charge is 0.490 e. The van der Waals surface area contributed by atoms with Gasteiger partial charge in [0.25, 0.3) is 0 Å². The molecule has 0 bridgehead atoms. The standard InChI is InChI=1S/C18H23FN4O2.HI/c1-20-18(22-10-12-24-15-6-5-9-21-14-15)23(2)11-13-25-17-8-4-3-7-16(17)19;/h3-9,14H,10-13H2,1-2H3,(H,20,22);1H. The minimum absolute atomic E-state index is 0. The number of nitrogens with zero attached hydrogens (tertiary/aromatic N) is 3. The van der Waals surface area contributed by atoms with E-state index < -0.39 is 0 Å². The van der Waals surface area contributed by atoms with Crippen molar-refractivity contribution in [3.8, 4) is 11.5 Å². The second-order valence-electron chi connectivity index (χ2n) is 5.21. The molecule has 0 aliphatic rings. The van der Waals surface area contributed by atoms with Crippen LogP contribution in [0, 0.1) is 5.82 Å². The zero-order valence-electron chi connectivity index (χ0n) is 14.9. The normalized spacial score (nSPS) is 10.7. The number of benzene rings is 1. The van der Waals surface area contributed by atoms with E-state index in [0.29, 0.717) is 32.3 Å². The monoisotopic (exact) mass is 474 g/mol. The number of rotatable bonds is 8. The Kier molecular flexibility index (Phi) is 10.4. The van der Waals surface area contributed by atoms with Crippen LogP contribution in [-0.4, -0.2) is 56.2 Å². The summed E-state index contributed by atoms with van der Waals surface area (Å²) in [6, 6.07) is 10.0. The molecule has 0 amide bonds. The first kappa shape index (κ1) is 21.9. The maximum absolute atomic E-state index is 13.5. The SMILES string of the molecule is CN=C(NCCOc1cccnc1)N(C)CCOc1ccccc1F.I. The molecule has 26 heavy (non-hydrogen) atoms. The average molecular weight is 474 g/mol. The zero-order chi connectivity index (χ0) is 17.9. The Morgan fingerprint density at radius 3 is 2.69 bits per heavy atom. The van der Waals surface area contributed by atoms with Crippen molar-refractivity contribution in [1.29, 1.82) is 0 Å². The number of hydrogen-bond acceptors (Lipinski definition) is 4. The van der Waals surface area contributed by atoms with Crippen LogP contribution in [0.1, 0.15) is 0 Å². The lowest BCUT2D eigenvalue weighted by Gasteiger charge is -2.22. The summed E-state index contributed by atoms with van der Waals surface area (Å²) in [6.07, 6.45) is 3.37. The van der Waals surface area contributed by atoms with Crippen molar-refractivity contribution in [2.24, 2.45) is 4.99 Å². The minimum atomic E-state index is -0.361. The van der Waals surface area contributed by atoms with Crippen molar-refractivity contribution >= 4 is 29.9 Å². The molecule has 2 aromatic rings. The van der Waals surface area contributed by atoms with Crippen LogP contribution in [0.15, 0.2) is 53.8 Å². The number of pyridine rings is 1. The number of likely N-dealkylation sites (N-methyl/N-ethyl adjacent to an activating group) is 1. The van der Waals surface area contributed by atoms with Gasteiger partial charge in [0.05, 0.1) is 19.3 Å². The summed E-state index contributed by atoms with van der Waals surface area (Å²) in [5, 5.41) is 3.20. The fourth-order valence-electron chi connectivity index (χ4n) is 2.11. The van der Waals surface area contributed by atoms with Gasteiger partial charge in [-0.1, -0.05) is 12.1 Å².